The number of carbonyl (C=O) groups excluding carboxylic acids is 1. The van der Waals surface area contributed by atoms with E-state index in [-0.39, 0.29) is 17.4 Å². The van der Waals surface area contributed by atoms with E-state index in [1.54, 1.807) is 33.5 Å². The maximum Gasteiger partial charge on any atom is 0.217 e. The zero-order valence-electron chi connectivity index (χ0n) is 22.0. The maximum absolute atomic E-state index is 13.2. The lowest BCUT2D eigenvalue weighted by atomic mass is 9.95. The molecule has 0 fully saturated rings. The number of methoxy groups -OCH3 is 3. The summed E-state index contributed by atoms with van der Waals surface area (Å²) in [6.07, 6.45) is 4.24. The molecule has 0 radical (unpaired) electrons. The summed E-state index contributed by atoms with van der Waals surface area (Å²) in [6.45, 7) is 5.65. The van der Waals surface area contributed by atoms with Crippen LogP contribution >= 0.6 is 0 Å². The Labute approximate surface area is 213 Å². The number of nitrogens with one attached hydrogen (secondary N) is 2. The van der Waals surface area contributed by atoms with E-state index in [2.05, 4.69) is 17.6 Å². The van der Waals surface area contributed by atoms with Crippen LogP contribution in [-0.4, -0.2) is 47.0 Å². The van der Waals surface area contributed by atoms with Gasteiger partial charge < -0.3 is 29.6 Å². The van der Waals surface area contributed by atoms with Gasteiger partial charge in [0.05, 0.1) is 33.1 Å². The maximum atomic E-state index is 13.2. The summed E-state index contributed by atoms with van der Waals surface area (Å²) in [5.74, 6) is 1.44. The molecule has 0 heterocycles. The van der Waals surface area contributed by atoms with Crippen LogP contribution in [0.1, 0.15) is 56.7 Å². The molecule has 1 aliphatic rings. The Bertz CT molecular complexity index is 1120. The number of unbranched alkanes of at least 4 members (excludes halogenated alkanes) is 1. The van der Waals surface area contributed by atoms with Gasteiger partial charge in [-0.05, 0) is 60.6 Å². The van der Waals surface area contributed by atoms with Gasteiger partial charge in [-0.15, -0.1) is 0 Å². The fourth-order valence-electron chi connectivity index (χ4n) is 4.60. The summed E-state index contributed by atoms with van der Waals surface area (Å²) in [6, 6.07) is 6.96. The first kappa shape index (κ1) is 27.3. The molecule has 0 aliphatic heterocycles. The Kier molecular flexibility index (Phi) is 9.99. The second-order valence-electron chi connectivity index (χ2n) is 8.84. The molecule has 1 aliphatic carbocycles. The van der Waals surface area contributed by atoms with Crippen molar-refractivity contribution >= 4 is 11.6 Å². The third-order valence-corrected chi connectivity index (χ3v) is 6.34. The second kappa shape index (κ2) is 13.2. The standard InChI is InChI=1S/C28H38N2O6/c1-6-7-14-36-15-8-13-29-23-12-10-20-21(17-24(23)32)22(30-18(2)31)11-9-19-16-25(33-3)27(34-4)28(35-5)26(19)20/h10,12,16-17,22H,6-9,11,13-15H2,1-5H3,(H,29,32)(H,30,31). The van der Waals surface area contributed by atoms with Crippen LogP contribution in [0.2, 0.25) is 0 Å². The number of hydrogen-bond acceptors (Lipinski definition) is 7. The Balaban J connectivity index is 2.06. The first-order valence-corrected chi connectivity index (χ1v) is 12.5. The monoisotopic (exact) mass is 498 g/mol. The molecule has 2 aromatic carbocycles. The minimum Gasteiger partial charge on any atom is -0.493 e. The van der Waals surface area contributed by atoms with Crippen molar-refractivity contribution in [1.82, 2.24) is 5.32 Å². The SMILES string of the molecule is CCCCOCCCNc1ccc2c(cc1=O)C(NC(C)=O)CCc1cc(OC)c(OC)c(OC)c1-2. The first-order chi connectivity index (χ1) is 17.4. The molecule has 3 rings (SSSR count). The zero-order chi connectivity index (χ0) is 26.1. The van der Waals surface area contributed by atoms with Gasteiger partial charge in [-0.25, -0.2) is 0 Å². The minimum atomic E-state index is -0.327. The Morgan fingerprint density at radius 1 is 1.03 bits per heavy atom. The number of ether oxygens (including phenoxy) is 4. The molecule has 196 valence electrons. The van der Waals surface area contributed by atoms with Gasteiger partial charge in [0.2, 0.25) is 17.1 Å². The van der Waals surface area contributed by atoms with Crippen molar-refractivity contribution in [2.45, 2.75) is 52.0 Å². The molecule has 1 amide bonds. The summed E-state index contributed by atoms with van der Waals surface area (Å²) in [5.41, 5.74) is 3.75. The lowest BCUT2D eigenvalue weighted by molar-refractivity contribution is -0.119. The number of amides is 1. The lowest BCUT2D eigenvalue weighted by Crippen LogP contribution is -2.26. The molecule has 8 heteroatoms. The molecule has 2 aromatic rings. The third-order valence-electron chi connectivity index (χ3n) is 6.34. The van der Waals surface area contributed by atoms with Crippen LogP contribution in [0.15, 0.2) is 29.1 Å². The predicted octanol–water partition coefficient (Wildman–Crippen LogP) is 4.48. The quantitative estimate of drug-likeness (QED) is 0.417. The number of anilines is 1. The van der Waals surface area contributed by atoms with Crippen molar-refractivity contribution in [3.05, 3.63) is 45.6 Å². The van der Waals surface area contributed by atoms with Gasteiger partial charge in [0, 0.05) is 32.2 Å². The van der Waals surface area contributed by atoms with Gasteiger partial charge in [0.25, 0.3) is 0 Å². The summed E-state index contributed by atoms with van der Waals surface area (Å²) in [4.78, 5) is 25.3. The van der Waals surface area contributed by atoms with E-state index < -0.39 is 0 Å². The molecule has 2 N–H and O–H groups in total. The van der Waals surface area contributed by atoms with Crippen molar-refractivity contribution in [2.75, 3.05) is 46.4 Å². The van der Waals surface area contributed by atoms with Crippen LogP contribution in [0.25, 0.3) is 11.1 Å². The van der Waals surface area contributed by atoms with Crippen molar-refractivity contribution in [3.63, 3.8) is 0 Å². The molecule has 1 atom stereocenters. The van der Waals surface area contributed by atoms with Gasteiger partial charge in [0.15, 0.2) is 11.5 Å². The highest BCUT2D eigenvalue weighted by molar-refractivity contribution is 5.83. The van der Waals surface area contributed by atoms with Gasteiger partial charge in [-0.2, -0.15) is 0 Å². The van der Waals surface area contributed by atoms with E-state index >= 15 is 0 Å². The average molecular weight is 499 g/mol. The smallest absolute Gasteiger partial charge is 0.217 e. The van der Waals surface area contributed by atoms with Crippen LogP contribution in [0.4, 0.5) is 5.69 Å². The summed E-state index contributed by atoms with van der Waals surface area (Å²) >= 11 is 0. The Hall–Kier alpha value is -3.26. The third kappa shape index (κ3) is 6.29. The summed E-state index contributed by atoms with van der Waals surface area (Å²) in [7, 11) is 4.75. The molecule has 0 saturated heterocycles. The highest BCUT2D eigenvalue weighted by atomic mass is 16.5. The van der Waals surface area contributed by atoms with Crippen LogP contribution < -0.4 is 30.3 Å². The van der Waals surface area contributed by atoms with Gasteiger partial charge >= 0.3 is 0 Å². The number of benzene rings is 1. The Morgan fingerprint density at radius 3 is 2.44 bits per heavy atom. The number of fused-ring (bicyclic) bond motifs is 3. The number of hydrogen-bond donors (Lipinski definition) is 2. The molecular weight excluding hydrogens is 460 g/mol. The first-order valence-electron chi connectivity index (χ1n) is 12.5. The van der Waals surface area contributed by atoms with E-state index in [1.807, 2.05) is 12.1 Å². The Morgan fingerprint density at radius 2 is 1.78 bits per heavy atom. The van der Waals surface area contributed by atoms with E-state index in [1.165, 1.54) is 6.92 Å². The van der Waals surface area contributed by atoms with E-state index in [0.29, 0.717) is 48.9 Å². The predicted molar refractivity (Wildman–Crippen MR) is 142 cm³/mol. The fraction of sp³-hybridized carbons (Fsp3) is 0.500. The average Bonchev–Trinajstić information content (AvgIpc) is 3.11. The zero-order valence-corrected chi connectivity index (χ0v) is 22.0. The molecule has 8 nitrogen and oxygen atoms in total. The molecule has 1 unspecified atom stereocenters. The normalized spacial score (nSPS) is 14.2. The molecule has 0 spiro atoms. The van der Waals surface area contributed by atoms with Crippen molar-refractivity contribution in [1.29, 1.82) is 0 Å². The highest BCUT2D eigenvalue weighted by Crippen LogP contribution is 2.50. The van der Waals surface area contributed by atoms with Gasteiger partial charge in [-0.1, -0.05) is 19.4 Å². The van der Waals surface area contributed by atoms with E-state index in [0.717, 1.165) is 48.1 Å². The number of aryl methyl sites for hydroxylation is 1. The minimum absolute atomic E-state index is 0.138. The van der Waals surface area contributed by atoms with Crippen molar-refractivity contribution in [2.24, 2.45) is 0 Å². The lowest BCUT2D eigenvalue weighted by Gasteiger charge is -2.19. The van der Waals surface area contributed by atoms with E-state index in [9.17, 15) is 9.59 Å². The second-order valence-corrected chi connectivity index (χ2v) is 8.84. The molecule has 36 heavy (non-hydrogen) atoms. The van der Waals surface area contributed by atoms with Crippen LogP contribution in [0.3, 0.4) is 0 Å². The molecular formula is C28H38N2O6. The van der Waals surface area contributed by atoms with Crippen LogP contribution in [-0.2, 0) is 16.0 Å². The van der Waals surface area contributed by atoms with Crippen LogP contribution in [0.5, 0.6) is 17.2 Å². The largest absolute Gasteiger partial charge is 0.493 e. The van der Waals surface area contributed by atoms with Crippen molar-refractivity contribution < 1.29 is 23.7 Å². The van der Waals surface area contributed by atoms with Gasteiger partial charge in [0.1, 0.15) is 0 Å². The summed E-state index contributed by atoms with van der Waals surface area (Å²) < 4.78 is 22.6. The number of carbonyl (C=O) groups is 1. The summed E-state index contributed by atoms with van der Waals surface area (Å²) in [5, 5.41) is 6.28. The van der Waals surface area contributed by atoms with E-state index in [4.69, 9.17) is 18.9 Å². The molecule has 0 saturated carbocycles. The fourth-order valence-corrected chi connectivity index (χ4v) is 4.60. The topological polar surface area (TPSA) is 95.1 Å². The van der Waals surface area contributed by atoms with Gasteiger partial charge in [-0.3, -0.25) is 9.59 Å². The van der Waals surface area contributed by atoms with Crippen LogP contribution in [0, 0.1) is 0 Å². The van der Waals surface area contributed by atoms with Crippen molar-refractivity contribution in [3.8, 4) is 28.4 Å². The number of rotatable bonds is 12. The molecule has 0 bridgehead atoms. The molecule has 0 aromatic heterocycles. The highest BCUT2D eigenvalue weighted by Gasteiger charge is 2.29.